The average molecular weight is 298 g/mol. The number of esters is 1. The van der Waals surface area contributed by atoms with E-state index >= 15 is 0 Å². The normalized spacial score (nSPS) is 17.8. The topological polar surface area (TPSA) is 107 Å². The van der Waals surface area contributed by atoms with Crippen molar-refractivity contribution in [2.45, 2.75) is 18.9 Å². The lowest BCUT2D eigenvalue weighted by Gasteiger charge is -2.16. The lowest BCUT2D eigenvalue weighted by atomic mass is 10.1. The molecule has 1 aromatic rings. The van der Waals surface area contributed by atoms with E-state index in [1.165, 1.54) is 7.11 Å². The SMILES string of the molecule is COCc1nc(C2CCN(C(=O)NCC(=O)OC)C2)no1. The summed E-state index contributed by atoms with van der Waals surface area (Å²) in [5.41, 5.74) is 0. The first-order valence-corrected chi connectivity index (χ1v) is 6.55. The van der Waals surface area contributed by atoms with E-state index in [2.05, 4.69) is 20.2 Å². The number of amides is 2. The van der Waals surface area contributed by atoms with Gasteiger partial charge in [-0.3, -0.25) is 4.79 Å². The van der Waals surface area contributed by atoms with Gasteiger partial charge in [-0.2, -0.15) is 4.98 Å². The van der Waals surface area contributed by atoms with Crippen LogP contribution in [0.1, 0.15) is 24.1 Å². The molecule has 9 heteroatoms. The predicted molar refractivity (Wildman–Crippen MR) is 69.4 cm³/mol. The van der Waals surface area contributed by atoms with Gasteiger partial charge in [0.1, 0.15) is 13.2 Å². The largest absolute Gasteiger partial charge is 0.468 e. The number of hydrogen-bond donors (Lipinski definition) is 1. The van der Waals surface area contributed by atoms with Gasteiger partial charge in [-0.25, -0.2) is 4.79 Å². The van der Waals surface area contributed by atoms with Crippen LogP contribution in [0.3, 0.4) is 0 Å². The van der Waals surface area contributed by atoms with Gasteiger partial charge < -0.3 is 24.2 Å². The first kappa shape index (κ1) is 15.2. The van der Waals surface area contributed by atoms with Crippen molar-refractivity contribution in [1.82, 2.24) is 20.4 Å². The van der Waals surface area contributed by atoms with Gasteiger partial charge in [-0.1, -0.05) is 5.16 Å². The Labute approximate surface area is 121 Å². The lowest BCUT2D eigenvalue weighted by Crippen LogP contribution is -2.41. The van der Waals surface area contributed by atoms with Crippen LogP contribution in [0.25, 0.3) is 0 Å². The fourth-order valence-electron chi connectivity index (χ4n) is 2.10. The highest BCUT2D eigenvalue weighted by molar-refractivity contribution is 5.80. The van der Waals surface area contributed by atoms with Crippen molar-refractivity contribution in [3.63, 3.8) is 0 Å². The molecule has 21 heavy (non-hydrogen) atoms. The molecular weight excluding hydrogens is 280 g/mol. The Kier molecular flexibility index (Phi) is 5.09. The molecule has 1 atom stereocenters. The number of urea groups is 1. The smallest absolute Gasteiger partial charge is 0.325 e. The third-order valence-corrected chi connectivity index (χ3v) is 3.20. The number of aromatic nitrogens is 2. The molecule has 0 aromatic carbocycles. The van der Waals surface area contributed by atoms with Crippen molar-refractivity contribution in [3.05, 3.63) is 11.7 Å². The summed E-state index contributed by atoms with van der Waals surface area (Å²) >= 11 is 0. The van der Waals surface area contributed by atoms with Crippen molar-refractivity contribution in [3.8, 4) is 0 Å². The number of hydrogen-bond acceptors (Lipinski definition) is 7. The molecule has 0 bridgehead atoms. The number of carbonyl (C=O) groups excluding carboxylic acids is 2. The van der Waals surface area contributed by atoms with Crippen LogP contribution in [0.15, 0.2) is 4.52 Å². The summed E-state index contributed by atoms with van der Waals surface area (Å²) in [5, 5.41) is 6.40. The highest BCUT2D eigenvalue weighted by Gasteiger charge is 2.30. The Bertz CT molecular complexity index is 504. The number of nitrogens with zero attached hydrogens (tertiary/aromatic N) is 3. The molecule has 2 rings (SSSR count). The van der Waals surface area contributed by atoms with E-state index in [1.54, 1.807) is 12.0 Å². The maximum Gasteiger partial charge on any atom is 0.325 e. The van der Waals surface area contributed by atoms with Gasteiger partial charge in [0, 0.05) is 26.1 Å². The van der Waals surface area contributed by atoms with Crippen LogP contribution in [0.2, 0.25) is 0 Å². The van der Waals surface area contributed by atoms with Crippen molar-refractivity contribution in [1.29, 1.82) is 0 Å². The fraction of sp³-hybridized carbons (Fsp3) is 0.667. The highest BCUT2D eigenvalue weighted by atomic mass is 16.5. The fourth-order valence-corrected chi connectivity index (χ4v) is 2.10. The van der Waals surface area contributed by atoms with Gasteiger partial charge in [0.05, 0.1) is 7.11 Å². The number of ether oxygens (including phenoxy) is 2. The Morgan fingerprint density at radius 2 is 2.29 bits per heavy atom. The summed E-state index contributed by atoms with van der Waals surface area (Å²) in [6.07, 6.45) is 0.748. The maximum atomic E-state index is 11.9. The van der Waals surface area contributed by atoms with Crippen LogP contribution in [0, 0.1) is 0 Å². The van der Waals surface area contributed by atoms with E-state index < -0.39 is 5.97 Å². The molecule has 116 valence electrons. The van der Waals surface area contributed by atoms with E-state index in [9.17, 15) is 9.59 Å². The van der Waals surface area contributed by atoms with Gasteiger partial charge >= 0.3 is 12.0 Å². The molecule has 0 radical (unpaired) electrons. The highest BCUT2D eigenvalue weighted by Crippen LogP contribution is 2.25. The zero-order chi connectivity index (χ0) is 15.2. The van der Waals surface area contributed by atoms with Crippen molar-refractivity contribution < 1.29 is 23.6 Å². The Morgan fingerprint density at radius 1 is 1.48 bits per heavy atom. The second kappa shape index (κ2) is 7.02. The molecule has 1 saturated heterocycles. The van der Waals surface area contributed by atoms with Crippen LogP contribution in [-0.2, 0) is 20.9 Å². The van der Waals surface area contributed by atoms with Crippen molar-refractivity contribution in [2.24, 2.45) is 0 Å². The molecule has 0 saturated carbocycles. The standard InChI is InChI=1S/C12H18N4O5/c1-19-7-9-14-11(15-21-9)8-3-4-16(6-8)12(18)13-5-10(17)20-2/h8H,3-7H2,1-2H3,(H,13,18). The number of methoxy groups -OCH3 is 2. The van der Waals surface area contributed by atoms with Crippen molar-refractivity contribution in [2.75, 3.05) is 33.9 Å². The number of nitrogens with one attached hydrogen (secondary N) is 1. The minimum absolute atomic E-state index is 0.0308. The molecule has 9 nitrogen and oxygen atoms in total. The molecule has 1 unspecified atom stereocenters. The number of carbonyl (C=O) groups is 2. The zero-order valence-electron chi connectivity index (χ0n) is 12.0. The summed E-state index contributed by atoms with van der Waals surface area (Å²) in [4.78, 5) is 28.7. The molecule has 1 fully saturated rings. The minimum atomic E-state index is -0.485. The molecule has 1 N–H and O–H groups in total. The molecule has 1 aromatic heterocycles. The Morgan fingerprint density at radius 3 is 3.00 bits per heavy atom. The molecule has 2 amide bonds. The summed E-state index contributed by atoms with van der Waals surface area (Å²) in [6.45, 7) is 1.19. The number of rotatable bonds is 5. The maximum absolute atomic E-state index is 11.9. The molecule has 0 spiro atoms. The van der Waals surface area contributed by atoms with E-state index in [4.69, 9.17) is 9.26 Å². The second-order valence-corrected chi connectivity index (χ2v) is 4.65. The van der Waals surface area contributed by atoms with Gasteiger partial charge in [0.15, 0.2) is 5.82 Å². The van der Waals surface area contributed by atoms with E-state index in [-0.39, 0.29) is 25.1 Å². The van der Waals surface area contributed by atoms with Gasteiger partial charge in [0.25, 0.3) is 5.89 Å². The quantitative estimate of drug-likeness (QED) is 0.756. The summed E-state index contributed by atoms with van der Waals surface area (Å²) in [5.74, 6) is 0.538. The molecular formula is C12H18N4O5. The second-order valence-electron chi connectivity index (χ2n) is 4.65. The molecule has 0 aliphatic carbocycles. The Balaban J connectivity index is 1.84. The molecule has 1 aliphatic heterocycles. The monoisotopic (exact) mass is 298 g/mol. The van der Waals surface area contributed by atoms with Gasteiger partial charge in [-0.05, 0) is 6.42 Å². The van der Waals surface area contributed by atoms with Crippen LogP contribution >= 0.6 is 0 Å². The van der Waals surface area contributed by atoms with Crippen LogP contribution in [0.4, 0.5) is 4.79 Å². The predicted octanol–water partition coefficient (Wildman–Crippen LogP) is -0.112. The average Bonchev–Trinajstić information content (AvgIpc) is 3.13. The molecule has 1 aliphatic rings. The number of likely N-dealkylation sites (tertiary alicyclic amines) is 1. The van der Waals surface area contributed by atoms with E-state index in [0.29, 0.717) is 24.8 Å². The van der Waals surface area contributed by atoms with Gasteiger partial charge in [0.2, 0.25) is 0 Å². The van der Waals surface area contributed by atoms with Crippen LogP contribution in [-0.4, -0.2) is 60.9 Å². The lowest BCUT2D eigenvalue weighted by molar-refractivity contribution is -0.139. The summed E-state index contributed by atoms with van der Waals surface area (Å²) in [7, 11) is 2.82. The van der Waals surface area contributed by atoms with Gasteiger partial charge in [-0.15, -0.1) is 0 Å². The first-order chi connectivity index (χ1) is 10.1. The third kappa shape index (κ3) is 3.91. The zero-order valence-corrected chi connectivity index (χ0v) is 12.0. The first-order valence-electron chi connectivity index (χ1n) is 6.55. The third-order valence-electron chi connectivity index (χ3n) is 3.20. The van der Waals surface area contributed by atoms with E-state index in [1.807, 2.05) is 0 Å². The van der Waals surface area contributed by atoms with E-state index in [0.717, 1.165) is 6.42 Å². The van der Waals surface area contributed by atoms with Crippen LogP contribution < -0.4 is 5.32 Å². The Hall–Kier alpha value is -2.16. The van der Waals surface area contributed by atoms with Crippen molar-refractivity contribution >= 4 is 12.0 Å². The molecule has 2 heterocycles. The minimum Gasteiger partial charge on any atom is -0.468 e. The summed E-state index contributed by atoms with van der Waals surface area (Å²) < 4.78 is 14.4. The summed E-state index contributed by atoms with van der Waals surface area (Å²) in [6, 6.07) is -0.302. The van der Waals surface area contributed by atoms with Crippen LogP contribution in [0.5, 0.6) is 0 Å².